The Morgan fingerprint density at radius 2 is 1.57 bits per heavy atom. The maximum Gasteiger partial charge on any atom is 0.416 e. The molecule has 0 fully saturated rings. The SMILES string of the molecule is O=C(O)CCC(Cc1cccc(C(F)(F)F)c1)NC(=O)OCC1c2ccccc2-c2ccccc21. The van der Waals surface area contributed by atoms with Crippen LogP contribution in [-0.4, -0.2) is 29.8 Å². The number of rotatable bonds is 8. The first-order valence-corrected chi connectivity index (χ1v) is 11.2. The Bertz CT molecular complexity index is 1180. The van der Waals surface area contributed by atoms with Gasteiger partial charge in [-0.25, -0.2) is 4.79 Å². The van der Waals surface area contributed by atoms with Gasteiger partial charge >= 0.3 is 18.2 Å². The number of hydrogen-bond acceptors (Lipinski definition) is 3. The minimum Gasteiger partial charge on any atom is -0.481 e. The summed E-state index contributed by atoms with van der Waals surface area (Å²) < 4.78 is 44.7. The number of aliphatic carboxylic acids is 1. The third kappa shape index (κ3) is 5.82. The van der Waals surface area contributed by atoms with Crippen molar-refractivity contribution in [3.8, 4) is 11.1 Å². The number of halogens is 3. The van der Waals surface area contributed by atoms with Gasteiger partial charge in [-0.3, -0.25) is 4.79 Å². The van der Waals surface area contributed by atoms with Crippen LogP contribution in [0.3, 0.4) is 0 Å². The molecule has 0 radical (unpaired) electrons. The molecule has 182 valence electrons. The van der Waals surface area contributed by atoms with E-state index in [1.54, 1.807) is 0 Å². The maximum absolute atomic E-state index is 13.1. The standard InChI is InChI=1S/C27H24F3NO4/c28-27(29,30)18-7-5-6-17(14-18)15-19(12-13-25(32)33)31-26(34)35-16-24-22-10-3-1-8-20(22)21-9-2-4-11-23(21)24/h1-11,14,19,24H,12-13,15-16H2,(H,31,34)(H,32,33). The van der Waals surface area contributed by atoms with E-state index in [0.29, 0.717) is 5.56 Å². The van der Waals surface area contributed by atoms with Crippen LogP contribution in [0.25, 0.3) is 11.1 Å². The summed E-state index contributed by atoms with van der Waals surface area (Å²) in [6, 6.07) is 19.9. The number of carboxylic acids is 1. The van der Waals surface area contributed by atoms with E-state index in [2.05, 4.69) is 5.32 Å². The van der Waals surface area contributed by atoms with Crippen molar-refractivity contribution in [3.05, 3.63) is 95.1 Å². The van der Waals surface area contributed by atoms with Crippen LogP contribution in [0.1, 0.15) is 41.0 Å². The molecule has 1 amide bonds. The summed E-state index contributed by atoms with van der Waals surface area (Å²) in [4.78, 5) is 23.7. The molecule has 0 aliphatic heterocycles. The lowest BCUT2D eigenvalue weighted by atomic mass is 9.98. The Kier molecular flexibility index (Phi) is 7.10. The molecule has 0 saturated heterocycles. The second kappa shape index (κ2) is 10.2. The van der Waals surface area contributed by atoms with Crippen molar-refractivity contribution in [2.75, 3.05) is 6.61 Å². The van der Waals surface area contributed by atoms with Gasteiger partial charge in [0.15, 0.2) is 0 Å². The second-order valence-electron chi connectivity index (χ2n) is 8.50. The first kappa shape index (κ1) is 24.3. The number of ether oxygens (including phenoxy) is 1. The van der Waals surface area contributed by atoms with Crippen LogP contribution >= 0.6 is 0 Å². The van der Waals surface area contributed by atoms with E-state index in [9.17, 15) is 22.8 Å². The van der Waals surface area contributed by atoms with Crippen LogP contribution in [0.15, 0.2) is 72.8 Å². The zero-order valence-corrected chi connectivity index (χ0v) is 18.7. The van der Waals surface area contributed by atoms with Gasteiger partial charge in [-0.15, -0.1) is 0 Å². The molecule has 0 heterocycles. The van der Waals surface area contributed by atoms with Crippen LogP contribution in [-0.2, 0) is 22.1 Å². The summed E-state index contributed by atoms with van der Waals surface area (Å²) in [7, 11) is 0. The molecule has 8 heteroatoms. The lowest BCUT2D eigenvalue weighted by molar-refractivity contribution is -0.138. The number of alkyl halides is 3. The Hall–Kier alpha value is -3.81. The van der Waals surface area contributed by atoms with Gasteiger partial charge in [0.25, 0.3) is 0 Å². The summed E-state index contributed by atoms with van der Waals surface area (Å²) in [5, 5.41) is 11.7. The monoisotopic (exact) mass is 483 g/mol. The summed E-state index contributed by atoms with van der Waals surface area (Å²) in [5.74, 6) is -1.21. The maximum atomic E-state index is 13.1. The minimum absolute atomic E-state index is 0.0431. The van der Waals surface area contributed by atoms with E-state index in [-0.39, 0.29) is 31.8 Å². The number of carbonyl (C=O) groups excluding carboxylic acids is 1. The van der Waals surface area contributed by atoms with Crippen molar-refractivity contribution in [1.29, 1.82) is 0 Å². The third-order valence-corrected chi connectivity index (χ3v) is 6.11. The molecule has 0 bridgehead atoms. The van der Waals surface area contributed by atoms with E-state index >= 15 is 0 Å². The van der Waals surface area contributed by atoms with Gasteiger partial charge in [0.2, 0.25) is 0 Å². The third-order valence-electron chi connectivity index (χ3n) is 6.11. The lowest BCUT2D eigenvalue weighted by Gasteiger charge is -2.20. The summed E-state index contributed by atoms with van der Waals surface area (Å²) in [6.45, 7) is 0.0784. The molecule has 5 nitrogen and oxygen atoms in total. The Morgan fingerprint density at radius 3 is 2.17 bits per heavy atom. The quantitative estimate of drug-likeness (QED) is 0.411. The molecule has 1 atom stereocenters. The fourth-order valence-electron chi connectivity index (χ4n) is 4.49. The molecule has 0 spiro atoms. The number of benzene rings is 3. The largest absolute Gasteiger partial charge is 0.481 e. The van der Waals surface area contributed by atoms with Crippen molar-refractivity contribution in [2.45, 2.75) is 37.4 Å². The van der Waals surface area contributed by atoms with Crippen LogP contribution in [0.4, 0.5) is 18.0 Å². The highest BCUT2D eigenvalue weighted by molar-refractivity contribution is 5.79. The summed E-state index contributed by atoms with van der Waals surface area (Å²) >= 11 is 0. The highest BCUT2D eigenvalue weighted by atomic mass is 19.4. The van der Waals surface area contributed by atoms with Crippen molar-refractivity contribution in [3.63, 3.8) is 0 Å². The number of nitrogens with one attached hydrogen (secondary N) is 1. The molecule has 0 aromatic heterocycles. The summed E-state index contributed by atoms with van der Waals surface area (Å²) in [6.07, 6.45) is -5.38. The Labute approximate surface area is 200 Å². The second-order valence-corrected chi connectivity index (χ2v) is 8.50. The van der Waals surface area contributed by atoms with Gasteiger partial charge < -0.3 is 15.2 Å². The lowest BCUT2D eigenvalue weighted by Crippen LogP contribution is -2.38. The van der Waals surface area contributed by atoms with Crippen molar-refractivity contribution < 1.29 is 32.6 Å². The highest BCUT2D eigenvalue weighted by Gasteiger charge is 2.31. The highest BCUT2D eigenvalue weighted by Crippen LogP contribution is 2.44. The van der Waals surface area contributed by atoms with Gasteiger partial charge in [-0.2, -0.15) is 13.2 Å². The molecule has 1 aliphatic carbocycles. The predicted octanol–water partition coefficient (Wildman–Crippen LogP) is 6.02. The van der Waals surface area contributed by atoms with Gasteiger partial charge in [-0.1, -0.05) is 66.7 Å². The van der Waals surface area contributed by atoms with E-state index < -0.39 is 29.8 Å². The first-order chi connectivity index (χ1) is 16.7. The zero-order chi connectivity index (χ0) is 25.0. The smallest absolute Gasteiger partial charge is 0.416 e. The fraction of sp³-hybridized carbons (Fsp3) is 0.259. The number of fused-ring (bicyclic) bond motifs is 3. The van der Waals surface area contributed by atoms with Crippen LogP contribution in [0.2, 0.25) is 0 Å². The van der Waals surface area contributed by atoms with Gasteiger partial charge in [0.05, 0.1) is 5.56 Å². The summed E-state index contributed by atoms with van der Waals surface area (Å²) in [5.41, 5.74) is 3.81. The molecular formula is C27H24F3NO4. The minimum atomic E-state index is -4.49. The number of hydrogen-bond donors (Lipinski definition) is 2. The Morgan fingerprint density at radius 1 is 0.943 bits per heavy atom. The van der Waals surface area contributed by atoms with E-state index in [4.69, 9.17) is 9.84 Å². The predicted molar refractivity (Wildman–Crippen MR) is 124 cm³/mol. The molecule has 4 rings (SSSR count). The fourth-order valence-corrected chi connectivity index (χ4v) is 4.49. The van der Waals surface area contributed by atoms with Crippen molar-refractivity contribution in [1.82, 2.24) is 5.32 Å². The molecule has 0 saturated carbocycles. The number of alkyl carbamates (subject to hydrolysis) is 1. The zero-order valence-electron chi connectivity index (χ0n) is 18.7. The van der Waals surface area contributed by atoms with E-state index in [1.807, 2.05) is 48.5 Å². The van der Waals surface area contributed by atoms with E-state index in [1.165, 1.54) is 12.1 Å². The van der Waals surface area contributed by atoms with Gasteiger partial charge in [0, 0.05) is 18.4 Å². The van der Waals surface area contributed by atoms with Crippen LogP contribution < -0.4 is 5.32 Å². The topological polar surface area (TPSA) is 75.6 Å². The molecule has 35 heavy (non-hydrogen) atoms. The first-order valence-electron chi connectivity index (χ1n) is 11.2. The average molecular weight is 483 g/mol. The van der Waals surface area contributed by atoms with Crippen molar-refractivity contribution >= 4 is 12.1 Å². The molecule has 3 aromatic carbocycles. The average Bonchev–Trinajstić information content (AvgIpc) is 3.14. The number of carboxylic acid groups (broad SMARTS) is 1. The molecule has 3 aromatic rings. The van der Waals surface area contributed by atoms with Gasteiger partial charge in [-0.05, 0) is 46.7 Å². The van der Waals surface area contributed by atoms with E-state index in [0.717, 1.165) is 34.4 Å². The number of carbonyl (C=O) groups is 2. The van der Waals surface area contributed by atoms with Crippen LogP contribution in [0.5, 0.6) is 0 Å². The van der Waals surface area contributed by atoms with Gasteiger partial charge in [0.1, 0.15) is 6.61 Å². The molecule has 1 aliphatic rings. The van der Waals surface area contributed by atoms with Crippen molar-refractivity contribution in [2.24, 2.45) is 0 Å². The molecular weight excluding hydrogens is 459 g/mol. The number of amides is 1. The molecule has 1 unspecified atom stereocenters. The molecule has 2 N–H and O–H groups in total. The Balaban J connectivity index is 1.44. The van der Waals surface area contributed by atoms with Crippen LogP contribution in [0, 0.1) is 0 Å². The normalized spacial score (nSPS) is 13.6.